The predicted octanol–water partition coefficient (Wildman–Crippen LogP) is 5.84. The van der Waals surface area contributed by atoms with Crippen LogP contribution in [0.25, 0.3) is 0 Å². The maximum atomic E-state index is 15.6. The molecule has 2 aliphatic rings. The highest BCUT2D eigenvalue weighted by Gasteiger charge is 2.65. The molecular formula is C19H16F8O4S. The molecule has 2 atom stereocenters. The number of rotatable bonds is 4. The van der Waals surface area contributed by atoms with Gasteiger partial charge in [-0.1, -0.05) is 6.07 Å². The first-order valence-corrected chi connectivity index (χ1v) is 10.7. The fourth-order valence-corrected chi connectivity index (χ4v) is 4.32. The summed E-state index contributed by atoms with van der Waals surface area (Å²) in [6.45, 7) is 1.35. The largest absolute Gasteiger partial charge is 0.504 e. The second kappa shape index (κ2) is 7.92. The fourth-order valence-electron chi connectivity index (χ4n) is 3.35. The van der Waals surface area contributed by atoms with E-state index in [9.17, 15) is 39.2 Å². The van der Waals surface area contributed by atoms with Crippen LogP contribution in [-0.2, 0) is 24.5 Å². The van der Waals surface area contributed by atoms with Gasteiger partial charge in [0.1, 0.15) is 17.3 Å². The third-order valence-electron chi connectivity index (χ3n) is 4.98. The van der Waals surface area contributed by atoms with E-state index in [-0.39, 0.29) is 29.7 Å². The summed E-state index contributed by atoms with van der Waals surface area (Å²) in [5.41, 5.74) is -7.35. The van der Waals surface area contributed by atoms with Crippen molar-refractivity contribution < 1.29 is 53.0 Å². The van der Waals surface area contributed by atoms with Gasteiger partial charge in [-0.2, -0.15) is 30.7 Å². The van der Waals surface area contributed by atoms with Crippen LogP contribution in [0, 0.1) is 12.7 Å². The molecule has 0 N–H and O–H groups in total. The molecule has 2 unspecified atom stereocenters. The van der Waals surface area contributed by atoms with Gasteiger partial charge in [-0.15, -0.1) is 0 Å². The van der Waals surface area contributed by atoms with Gasteiger partial charge in [-0.3, -0.25) is 0 Å². The smallest absolute Gasteiger partial charge is 0.485 e. The normalized spacial score (nSPS) is 21.9. The maximum Gasteiger partial charge on any atom is 0.504 e. The van der Waals surface area contributed by atoms with Crippen molar-refractivity contribution in [1.82, 2.24) is 0 Å². The second-order valence-electron chi connectivity index (χ2n) is 7.32. The average Bonchev–Trinajstić information content (AvgIpc) is 2.65. The summed E-state index contributed by atoms with van der Waals surface area (Å²) in [6, 6.07) is 2.17. The first kappa shape index (κ1) is 24.3. The van der Waals surface area contributed by atoms with Crippen molar-refractivity contribution in [2.45, 2.75) is 55.6 Å². The van der Waals surface area contributed by atoms with Crippen LogP contribution in [0.1, 0.15) is 36.8 Å². The molecule has 1 aliphatic heterocycles. The number of sulfone groups is 1. The molecule has 178 valence electrons. The maximum absolute atomic E-state index is 15.6. The van der Waals surface area contributed by atoms with E-state index in [1.807, 2.05) is 0 Å². The van der Waals surface area contributed by atoms with Crippen molar-refractivity contribution in [1.29, 1.82) is 0 Å². The Kier molecular flexibility index (Phi) is 6.03. The lowest BCUT2D eigenvalue weighted by Gasteiger charge is -2.33. The minimum atomic E-state index is -6.75. The van der Waals surface area contributed by atoms with E-state index in [1.165, 1.54) is 6.92 Å². The van der Waals surface area contributed by atoms with Crippen molar-refractivity contribution in [3.05, 3.63) is 58.3 Å². The molecule has 1 aromatic carbocycles. The topological polar surface area (TPSA) is 52.6 Å². The molecular weight excluding hydrogens is 476 g/mol. The van der Waals surface area contributed by atoms with Crippen LogP contribution in [-0.4, -0.2) is 26.2 Å². The summed E-state index contributed by atoms with van der Waals surface area (Å²) in [6.07, 6.45) is -7.24. The Morgan fingerprint density at radius 3 is 2.25 bits per heavy atom. The molecule has 0 saturated heterocycles. The van der Waals surface area contributed by atoms with Gasteiger partial charge < -0.3 is 9.47 Å². The molecule has 4 nitrogen and oxygen atoms in total. The SMILES string of the molecule is Cc1ccc(C(F)(OC2=CC3=C(CC2)OC(C(F)(F)F)CC3)S(=O)(=O)C(F)(F)F)c(F)c1. The number of allylic oxidation sites excluding steroid dienone is 4. The number of ether oxygens (including phenoxy) is 2. The van der Waals surface area contributed by atoms with E-state index < -0.39 is 62.8 Å². The van der Waals surface area contributed by atoms with Gasteiger partial charge in [0.2, 0.25) is 0 Å². The molecule has 0 bridgehead atoms. The van der Waals surface area contributed by atoms with E-state index in [4.69, 9.17) is 4.74 Å². The molecule has 3 rings (SSSR count). The minimum absolute atomic E-state index is 0.0999. The Labute approximate surface area is 177 Å². The molecule has 0 fully saturated rings. The van der Waals surface area contributed by atoms with Crippen LogP contribution in [0.15, 0.2) is 41.4 Å². The summed E-state index contributed by atoms with van der Waals surface area (Å²) in [5, 5.41) is -4.66. The Morgan fingerprint density at radius 2 is 1.69 bits per heavy atom. The standard InChI is InChI=1S/C19H16F8O4S/c1-10-2-5-13(14(20)8-10)18(24,32(28,29)19(25,26)27)31-12-4-6-15-11(9-12)3-7-16(30-15)17(21,22)23/h2,5,8-9,16H,3-4,6-7H2,1H3. The molecule has 0 radical (unpaired) electrons. The van der Waals surface area contributed by atoms with Crippen molar-refractivity contribution in [2.75, 3.05) is 0 Å². The van der Waals surface area contributed by atoms with Crippen molar-refractivity contribution in [3.63, 3.8) is 0 Å². The second-order valence-corrected chi connectivity index (χ2v) is 9.31. The van der Waals surface area contributed by atoms with Gasteiger partial charge in [0.15, 0.2) is 6.10 Å². The molecule has 0 saturated carbocycles. The van der Waals surface area contributed by atoms with Crippen LogP contribution < -0.4 is 0 Å². The number of benzene rings is 1. The summed E-state index contributed by atoms with van der Waals surface area (Å²) in [4.78, 5) is 0. The summed E-state index contributed by atoms with van der Waals surface area (Å²) in [5.74, 6) is -2.28. The first-order valence-electron chi connectivity index (χ1n) is 9.17. The molecule has 1 aliphatic carbocycles. The van der Waals surface area contributed by atoms with Gasteiger partial charge >= 0.3 is 26.7 Å². The first-order chi connectivity index (χ1) is 14.6. The molecule has 13 heteroatoms. The number of hydrogen-bond acceptors (Lipinski definition) is 4. The Hall–Kier alpha value is -2.31. The third kappa shape index (κ3) is 4.30. The number of hydrogen-bond donors (Lipinski definition) is 0. The lowest BCUT2D eigenvalue weighted by molar-refractivity contribution is -0.215. The van der Waals surface area contributed by atoms with Gasteiger partial charge in [0, 0.05) is 12.8 Å². The number of halogens is 8. The van der Waals surface area contributed by atoms with E-state index >= 15 is 4.39 Å². The number of aryl methyl sites for hydroxylation is 1. The minimum Gasteiger partial charge on any atom is -0.485 e. The summed E-state index contributed by atoms with van der Waals surface area (Å²) >= 11 is 0. The Bertz CT molecular complexity index is 1070. The van der Waals surface area contributed by atoms with Crippen molar-refractivity contribution in [3.8, 4) is 0 Å². The molecule has 0 spiro atoms. The fraction of sp³-hybridized carbons (Fsp3) is 0.474. The van der Waals surface area contributed by atoms with Gasteiger partial charge in [-0.05, 0) is 49.1 Å². The third-order valence-corrected chi connectivity index (χ3v) is 6.58. The van der Waals surface area contributed by atoms with Gasteiger partial charge in [0.25, 0.3) is 0 Å². The highest BCUT2D eigenvalue weighted by molar-refractivity contribution is 7.92. The quantitative estimate of drug-likeness (QED) is 0.496. The lowest BCUT2D eigenvalue weighted by atomic mass is 9.95. The predicted molar refractivity (Wildman–Crippen MR) is 94.5 cm³/mol. The Morgan fingerprint density at radius 1 is 1.03 bits per heavy atom. The zero-order valence-corrected chi connectivity index (χ0v) is 17.1. The molecule has 0 aromatic heterocycles. The van der Waals surface area contributed by atoms with Gasteiger partial charge in [-0.25, -0.2) is 12.8 Å². The average molecular weight is 492 g/mol. The van der Waals surface area contributed by atoms with Crippen LogP contribution >= 0.6 is 0 Å². The van der Waals surface area contributed by atoms with Crippen LogP contribution in [0.4, 0.5) is 35.1 Å². The van der Waals surface area contributed by atoms with Crippen LogP contribution in [0.2, 0.25) is 0 Å². The van der Waals surface area contributed by atoms with Crippen molar-refractivity contribution >= 4 is 9.84 Å². The zero-order chi connectivity index (χ0) is 24.1. The van der Waals surface area contributed by atoms with Gasteiger partial charge in [0.05, 0.1) is 5.56 Å². The van der Waals surface area contributed by atoms with Crippen LogP contribution in [0.3, 0.4) is 0 Å². The highest BCUT2D eigenvalue weighted by Crippen LogP contribution is 2.47. The van der Waals surface area contributed by atoms with E-state index in [0.717, 1.165) is 12.1 Å². The summed E-state index contributed by atoms with van der Waals surface area (Å²) < 4.78 is 142. The van der Waals surface area contributed by atoms with Crippen LogP contribution in [0.5, 0.6) is 0 Å². The van der Waals surface area contributed by atoms with E-state index in [2.05, 4.69) is 4.74 Å². The highest BCUT2D eigenvalue weighted by atomic mass is 32.2. The molecule has 1 heterocycles. The van der Waals surface area contributed by atoms with E-state index in [1.54, 1.807) is 0 Å². The summed E-state index contributed by atoms with van der Waals surface area (Å²) in [7, 11) is -6.75. The molecule has 1 aromatic rings. The number of alkyl halides is 7. The molecule has 0 amide bonds. The molecule has 32 heavy (non-hydrogen) atoms. The van der Waals surface area contributed by atoms with E-state index in [0.29, 0.717) is 12.1 Å². The van der Waals surface area contributed by atoms with Crippen molar-refractivity contribution in [2.24, 2.45) is 0 Å². The monoisotopic (exact) mass is 492 g/mol. The lowest BCUT2D eigenvalue weighted by Crippen LogP contribution is -2.43. The Balaban J connectivity index is 2.02. The zero-order valence-electron chi connectivity index (χ0n) is 16.3.